The summed E-state index contributed by atoms with van der Waals surface area (Å²) in [5, 5.41) is 0.345. The summed E-state index contributed by atoms with van der Waals surface area (Å²) in [5.41, 5.74) is 1.88. The van der Waals surface area contributed by atoms with Gasteiger partial charge in [-0.2, -0.15) is 4.31 Å². The Bertz CT molecular complexity index is 1460. The highest BCUT2D eigenvalue weighted by Gasteiger charge is 2.41. The van der Waals surface area contributed by atoms with E-state index in [1.54, 1.807) is 33.0 Å². The van der Waals surface area contributed by atoms with E-state index in [1.165, 1.54) is 17.8 Å². The van der Waals surface area contributed by atoms with Crippen LogP contribution < -0.4 is 9.62 Å². The number of sulfonamides is 2. The van der Waals surface area contributed by atoms with Gasteiger partial charge in [0, 0.05) is 30.3 Å². The van der Waals surface area contributed by atoms with E-state index >= 15 is 0 Å². The van der Waals surface area contributed by atoms with Crippen molar-refractivity contribution in [3.8, 4) is 0 Å². The van der Waals surface area contributed by atoms with Crippen LogP contribution >= 0.6 is 11.6 Å². The Hall–Kier alpha value is -2.18. The fraction of sp³-hybridized carbons (Fsp3) is 0.567. The van der Waals surface area contributed by atoms with Gasteiger partial charge in [0.25, 0.3) is 0 Å². The first kappa shape index (κ1) is 32.7. The number of anilines is 2. The highest BCUT2D eigenvalue weighted by atomic mass is 35.5. The van der Waals surface area contributed by atoms with Crippen molar-refractivity contribution < 1.29 is 26.4 Å². The Morgan fingerprint density at radius 1 is 1.12 bits per heavy atom. The van der Waals surface area contributed by atoms with Crippen LogP contribution in [0.2, 0.25) is 5.02 Å². The third-order valence-corrected chi connectivity index (χ3v) is 12.2. The molecule has 42 heavy (non-hydrogen) atoms. The lowest BCUT2D eigenvalue weighted by atomic mass is 9.83. The predicted molar refractivity (Wildman–Crippen MR) is 166 cm³/mol. The van der Waals surface area contributed by atoms with E-state index in [1.807, 2.05) is 35.2 Å². The number of ether oxygens (including phenoxy) is 1. The summed E-state index contributed by atoms with van der Waals surface area (Å²) in [7, 11) is -4.79. The lowest BCUT2D eigenvalue weighted by Gasteiger charge is -2.36. The van der Waals surface area contributed by atoms with Crippen LogP contribution in [0.3, 0.4) is 0 Å². The molecule has 0 spiro atoms. The van der Waals surface area contributed by atoms with Crippen molar-refractivity contribution in [3.05, 3.63) is 53.1 Å². The lowest BCUT2D eigenvalue weighted by molar-refractivity contribution is -0.142. The first-order valence-corrected chi connectivity index (χ1v) is 18.0. The number of hydrogen-bond donors (Lipinski definition) is 1. The number of hydrogen-bond acceptors (Lipinski definition) is 7. The molecular weight excluding hydrogens is 598 g/mol. The average molecular weight is 640 g/mol. The average Bonchev–Trinajstić information content (AvgIpc) is 3.03. The second kappa shape index (κ2) is 13.6. The third kappa shape index (κ3) is 7.48. The van der Waals surface area contributed by atoms with Crippen LogP contribution in [0.25, 0.3) is 0 Å². The highest BCUT2D eigenvalue weighted by Crippen LogP contribution is 2.43. The molecule has 0 saturated heterocycles. The largest absolute Gasteiger partial charge is 0.468 e. The predicted octanol–water partition coefficient (Wildman–Crippen LogP) is 5.11. The minimum Gasteiger partial charge on any atom is -0.468 e. The number of aryl methyl sites for hydroxylation is 1. The Kier molecular flexibility index (Phi) is 10.6. The zero-order valence-corrected chi connectivity index (χ0v) is 27.1. The van der Waals surface area contributed by atoms with Crippen LogP contribution in [0.4, 0.5) is 11.4 Å². The third-order valence-electron chi connectivity index (χ3n) is 8.24. The van der Waals surface area contributed by atoms with Crippen LogP contribution in [0.1, 0.15) is 57.9 Å². The van der Waals surface area contributed by atoms with Gasteiger partial charge in [0.1, 0.15) is 10.9 Å². The molecule has 1 fully saturated rings. The van der Waals surface area contributed by atoms with Gasteiger partial charge in [-0.15, -0.1) is 0 Å². The molecule has 2 aromatic carbocycles. The summed E-state index contributed by atoms with van der Waals surface area (Å²) in [6.07, 6.45) is 5.52. The molecule has 0 radical (unpaired) electrons. The topological polar surface area (TPSA) is 113 Å². The molecular formula is C30H42ClN3O6S2. The quantitative estimate of drug-likeness (QED) is 0.360. The summed E-state index contributed by atoms with van der Waals surface area (Å²) < 4.78 is 62.4. The van der Waals surface area contributed by atoms with E-state index in [0.717, 1.165) is 31.4 Å². The summed E-state index contributed by atoms with van der Waals surface area (Å²) in [4.78, 5) is 14.7. The van der Waals surface area contributed by atoms with Gasteiger partial charge in [-0.3, -0.25) is 4.79 Å². The van der Waals surface area contributed by atoms with Gasteiger partial charge in [0.2, 0.25) is 20.0 Å². The number of esters is 1. The Labute approximate surface area is 255 Å². The van der Waals surface area contributed by atoms with Crippen LogP contribution in [0.5, 0.6) is 0 Å². The van der Waals surface area contributed by atoms with Crippen LogP contribution in [0, 0.1) is 11.8 Å². The molecule has 2 aromatic rings. The van der Waals surface area contributed by atoms with Gasteiger partial charge < -0.3 is 9.64 Å². The molecule has 1 N–H and O–H groups in total. The van der Waals surface area contributed by atoms with Gasteiger partial charge in [0.15, 0.2) is 0 Å². The summed E-state index contributed by atoms with van der Waals surface area (Å²) >= 11 is 6.79. The monoisotopic (exact) mass is 639 g/mol. The summed E-state index contributed by atoms with van der Waals surface area (Å²) in [6.45, 7) is 4.04. The smallest absolute Gasteiger partial charge is 0.323 e. The zero-order chi connectivity index (χ0) is 30.7. The van der Waals surface area contributed by atoms with Crippen LogP contribution in [0.15, 0.2) is 47.4 Å². The van der Waals surface area contributed by atoms with E-state index in [4.69, 9.17) is 16.3 Å². The number of carbonyl (C=O) groups is 1. The molecule has 0 amide bonds. The van der Waals surface area contributed by atoms with E-state index in [0.29, 0.717) is 22.8 Å². The molecule has 1 aliphatic heterocycles. The molecule has 0 unspecified atom stereocenters. The maximum absolute atomic E-state index is 14.2. The molecule has 9 nitrogen and oxygen atoms in total. The minimum absolute atomic E-state index is 0.0471. The number of halogens is 1. The fourth-order valence-electron chi connectivity index (χ4n) is 6.12. The number of likely N-dealkylation sites (N-methyl/N-ethyl adjacent to an activating group) is 1. The number of fused-ring (bicyclic) bond motifs is 1. The van der Waals surface area contributed by atoms with Gasteiger partial charge >= 0.3 is 5.97 Å². The molecule has 1 saturated carbocycles. The van der Waals surface area contributed by atoms with E-state index in [9.17, 15) is 21.6 Å². The molecule has 232 valence electrons. The first-order valence-electron chi connectivity index (χ1n) is 14.5. The maximum Gasteiger partial charge on any atom is 0.323 e. The molecule has 1 heterocycles. The number of nitrogens with one attached hydrogen (secondary N) is 1. The standard InChI is InChI=1S/C30H42ClN3O6S2/c1-21(2)20-41(36,37)32-26(30(35)40-4)16-15-23-17-29-27(18-25(23)31)34(24-13-9-6-10-14-24)19-28(33(3)42(29,38)39)22-11-7-5-8-12-22/h6,9-10,13-14,17-18,21-22,26,28,32H,5,7-8,11-12,15-16,19-20H2,1-4H3/t26-,28-/m0/s1. The molecule has 0 bridgehead atoms. The molecule has 2 atom stereocenters. The van der Waals surface area contributed by atoms with Crippen molar-refractivity contribution in [3.63, 3.8) is 0 Å². The summed E-state index contributed by atoms with van der Waals surface area (Å²) in [5.74, 6) is -0.742. The Morgan fingerprint density at radius 2 is 1.79 bits per heavy atom. The summed E-state index contributed by atoms with van der Waals surface area (Å²) in [6, 6.07) is 11.6. The van der Waals surface area contributed by atoms with E-state index in [-0.39, 0.29) is 41.4 Å². The van der Waals surface area contributed by atoms with Gasteiger partial charge in [0.05, 0.1) is 18.6 Å². The van der Waals surface area contributed by atoms with Crippen molar-refractivity contribution in [2.75, 3.05) is 31.4 Å². The van der Waals surface area contributed by atoms with Crippen molar-refractivity contribution >= 4 is 49.0 Å². The van der Waals surface area contributed by atoms with Crippen molar-refractivity contribution in [1.29, 1.82) is 0 Å². The molecule has 4 rings (SSSR count). The lowest BCUT2D eigenvalue weighted by Crippen LogP contribution is -2.46. The molecule has 2 aliphatic rings. The Balaban J connectivity index is 1.72. The SMILES string of the molecule is COC(=O)[C@H](CCc1cc2c(cc1Cl)N(c1ccccc1)C[C@@H](C1CCCCC1)N(C)S2(=O)=O)NS(=O)(=O)CC(C)C. The van der Waals surface area contributed by atoms with Crippen LogP contribution in [-0.4, -0.2) is 65.6 Å². The minimum atomic E-state index is -3.91. The van der Waals surface area contributed by atoms with Crippen molar-refractivity contribution in [1.82, 2.24) is 9.03 Å². The normalized spacial score (nSPS) is 20.6. The van der Waals surface area contributed by atoms with Gasteiger partial charge in [-0.05, 0) is 67.3 Å². The first-order chi connectivity index (χ1) is 19.8. The number of rotatable bonds is 10. The number of para-hydroxylation sites is 1. The second-order valence-electron chi connectivity index (χ2n) is 11.8. The second-order valence-corrected chi connectivity index (χ2v) is 15.9. The molecule has 12 heteroatoms. The maximum atomic E-state index is 14.2. The highest BCUT2D eigenvalue weighted by molar-refractivity contribution is 7.89. The van der Waals surface area contributed by atoms with Crippen molar-refractivity contribution in [2.45, 2.75) is 75.8 Å². The Morgan fingerprint density at radius 3 is 2.40 bits per heavy atom. The number of nitrogens with zero attached hydrogens (tertiary/aromatic N) is 2. The number of methoxy groups -OCH3 is 1. The molecule has 1 aliphatic carbocycles. The number of benzene rings is 2. The van der Waals surface area contributed by atoms with Crippen molar-refractivity contribution in [2.24, 2.45) is 11.8 Å². The van der Waals surface area contributed by atoms with Gasteiger partial charge in [-0.25, -0.2) is 21.6 Å². The number of carbonyl (C=O) groups excluding carboxylic acids is 1. The fourth-order valence-corrected chi connectivity index (χ4v) is 9.62. The van der Waals surface area contributed by atoms with E-state index in [2.05, 4.69) is 4.72 Å². The molecule has 0 aromatic heterocycles. The van der Waals surface area contributed by atoms with Gasteiger partial charge in [-0.1, -0.05) is 62.9 Å². The zero-order valence-electron chi connectivity index (χ0n) is 24.8. The van der Waals surface area contributed by atoms with Crippen LogP contribution in [-0.2, 0) is 36.0 Å². The van der Waals surface area contributed by atoms with E-state index < -0.39 is 32.1 Å².